The third kappa shape index (κ3) is 2.09. The lowest BCUT2D eigenvalue weighted by molar-refractivity contribution is 0.624. The van der Waals surface area contributed by atoms with E-state index in [1.165, 1.54) is 34.2 Å². The number of benzene rings is 1. The molecule has 0 radical (unpaired) electrons. The molecular formula is C14H11FN4OS. The molecule has 106 valence electrons. The zero-order valence-corrected chi connectivity index (χ0v) is 11.7. The van der Waals surface area contributed by atoms with Crippen LogP contribution in [-0.4, -0.2) is 14.6 Å². The molecule has 0 amide bonds. The van der Waals surface area contributed by atoms with Crippen molar-refractivity contribution in [2.45, 2.75) is 18.9 Å². The smallest absolute Gasteiger partial charge is 0.275 e. The zero-order valence-electron chi connectivity index (χ0n) is 10.9. The van der Waals surface area contributed by atoms with Crippen LogP contribution in [0.1, 0.15) is 23.6 Å². The van der Waals surface area contributed by atoms with Crippen LogP contribution in [0.5, 0.6) is 0 Å². The first-order chi connectivity index (χ1) is 10.2. The predicted octanol–water partition coefficient (Wildman–Crippen LogP) is 2.39. The number of nitrogens with zero attached hydrogens (tertiary/aromatic N) is 3. The number of aromatic nitrogens is 3. The third-order valence-corrected chi connectivity index (χ3v) is 4.51. The van der Waals surface area contributed by atoms with Crippen molar-refractivity contribution in [3.8, 4) is 0 Å². The number of aryl methyl sites for hydroxylation is 1. The standard InChI is InChI=1S/C14H11FN4OS/c15-9-3-1-8-2-4-11(10(8)7-9)17-13-18-19-12(20)5-6-16-14(19)21-13/h1,3,5-7,11H,2,4H2,(H,17,18). The van der Waals surface area contributed by atoms with Gasteiger partial charge in [-0.2, -0.15) is 4.52 Å². The van der Waals surface area contributed by atoms with Gasteiger partial charge in [-0.05, 0) is 36.1 Å². The minimum atomic E-state index is -0.232. The first-order valence-electron chi connectivity index (χ1n) is 6.60. The topological polar surface area (TPSA) is 59.3 Å². The largest absolute Gasteiger partial charge is 0.353 e. The van der Waals surface area contributed by atoms with Crippen molar-refractivity contribution in [2.75, 3.05) is 5.32 Å². The molecule has 0 fully saturated rings. The fraction of sp³-hybridized carbons (Fsp3) is 0.214. The average molecular weight is 302 g/mol. The minimum absolute atomic E-state index is 0.0203. The van der Waals surface area contributed by atoms with Gasteiger partial charge in [0.25, 0.3) is 5.56 Å². The number of rotatable bonds is 2. The second kappa shape index (κ2) is 4.63. The summed E-state index contributed by atoms with van der Waals surface area (Å²) in [5, 5.41) is 8.13. The van der Waals surface area contributed by atoms with Crippen LogP contribution in [0.15, 0.2) is 35.3 Å². The van der Waals surface area contributed by atoms with Gasteiger partial charge < -0.3 is 5.32 Å². The van der Waals surface area contributed by atoms with Gasteiger partial charge in [0.05, 0.1) is 6.04 Å². The Hall–Kier alpha value is -2.28. The summed E-state index contributed by atoms with van der Waals surface area (Å²) in [5.74, 6) is -0.232. The summed E-state index contributed by atoms with van der Waals surface area (Å²) in [6, 6.07) is 6.28. The second-order valence-corrected chi connectivity index (χ2v) is 5.92. The third-order valence-electron chi connectivity index (χ3n) is 3.65. The van der Waals surface area contributed by atoms with E-state index in [2.05, 4.69) is 15.4 Å². The highest BCUT2D eigenvalue weighted by atomic mass is 32.1. The Balaban J connectivity index is 1.69. The van der Waals surface area contributed by atoms with E-state index < -0.39 is 0 Å². The summed E-state index contributed by atoms with van der Waals surface area (Å²) in [6.45, 7) is 0. The molecule has 1 aromatic carbocycles. The molecule has 1 atom stereocenters. The molecule has 7 heteroatoms. The van der Waals surface area contributed by atoms with Crippen molar-refractivity contribution in [1.82, 2.24) is 14.6 Å². The zero-order chi connectivity index (χ0) is 14.4. The number of halogens is 1. The molecule has 2 heterocycles. The summed E-state index contributed by atoms with van der Waals surface area (Å²) in [6.07, 6.45) is 3.27. The Morgan fingerprint density at radius 3 is 3.14 bits per heavy atom. The lowest BCUT2D eigenvalue weighted by Gasteiger charge is -2.12. The molecule has 1 unspecified atom stereocenters. The van der Waals surface area contributed by atoms with E-state index in [-0.39, 0.29) is 17.4 Å². The van der Waals surface area contributed by atoms with Gasteiger partial charge in [0, 0.05) is 12.3 Å². The Kier molecular flexibility index (Phi) is 2.75. The van der Waals surface area contributed by atoms with Crippen LogP contribution < -0.4 is 10.9 Å². The summed E-state index contributed by atoms with van der Waals surface area (Å²) < 4.78 is 14.7. The van der Waals surface area contributed by atoms with E-state index in [1.807, 2.05) is 6.07 Å². The Morgan fingerprint density at radius 2 is 2.29 bits per heavy atom. The highest BCUT2D eigenvalue weighted by Gasteiger charge is 2.24. The molecule has 4 rings (SSSR count). The van der Waals surface area contributed by atoms with Gasteiger partial charge in [-0.3, -0.25) is 4.79 Å². The van der Waals surface area contributed by atoms with Gasteiger partial charge in [0.1, 0.15) is 5.82 Å². The lowest BCUT2D eigenvalue weighted by Crippen LogP contribution is -2.13. The summed E-state index contributed by atoms with van der Waals surface area (Å²) in [5.41, 5.74) is 1.92. The van der Waals surface area contributed by atoms with Crippen molar-refractivity contribution < 1.29 is 4.39 Å². The molecular weight excluding hydrogens is 291 g/mol. The lowest BCUT2D eigenvalue weighted by atomic mass is 10.1. The van der Waals surface area contributed by atoms with Gasteiger partial charge >= 0.3 is 0 Å². The Morgan fingerprint density at radius 1 is 1.38 bits per heavy atom. The highest BCUT2D eigenvalue weighted by molar-refractivity contribution is 7.20. The molecule has 1 N–H and O–H groups in total. The van der Waals surface area contributed by atoms with Crippen LogP contribution in [0, 0.1) is 5.82 Å². The van der Waals surface area contributed by atoms with Crippen LogP contribution in [0.2, 0.25) is 0 Å². The second-order valence-electron chi connectivity index (χ2n) is 4.96. The molecule has 0 saturated carbocycles. The maximum Gasteiger partial charge on any atom is 0.275 e. The quantitative estimate of drug-likeness (QED) is 0.789. The molecule has 3 aromatic rings. The number of hydrogen-bond donors (Lipinski definition) is 1. The monoisotopic (exact) mass is 302 g/mol. The minimum Gasteiger partial charge on any atom is -0.353 e. The normalized spacial score (nSPS) is 17.1. The molecule has 0 saturated heterocycles. The molecule has 1 aliphatic carbocycles. The van der Waals surface area contributed by atoms with Crippen molar-refractivity contribution in [1.29, 1.82) is 0 Å². The Bertz CT molecular complexity index is 888. The van der Waals surface area contributed by atoms with Crippen LogP contribution in [0.4, 0.5) is 9.52 Å². The van der Waals surface area contributed by atoms with Gasteiger partial charge in [0.15, 0.2) is 0 Å². The predicted molar refractivity (Wildman–Crippen MR) is 78.2 cm³/mol. The first-order valence-corrected chi connectivity index (χ1v) is 7.42. The molecule has 2 aromatic heterocycles. The van der Waals surface area contributed by atoms with Crippen LogP contribution in [-0.2, 0) is 6.42 Å². The van der Waals surface area contributed by atoms with E-state index in [9.17, 15) is 9.18 Å². The summed E-state index contributed by atoms with van der Waals surface area (Å²) >= 11 is 1.31. The van der Waals surface area contributed by atoms with Gasteiger partial charge in [-0.1, -0.05) is 17.4 Å². The van der Waals surface area contributed by atoms with E-state index in [0.29, 0.717) is 10.1 Å². The maximum absolute atomic E-state index is 13.4. The number of nitrogens with one attached hydrogen (secondary N) is 1. The van der Waals surface area contributed by atoms with Crippen LogP contribution in [0.25, 0.3) is 4.96 Å². The van der Waals surface area contributed by atoms with Crippen LogP contribution in [0.3, 0.4) is 0 Å². The van der Waals surface area contributed by atoms with E-state index in [4.69, 9.17) is 0 Å². The van der Waals surface area contributed by atoms with Gasteiger partial charge in [-0.25, -0.2) is 9.37 Å². The van der Waals surface area contributed by atoms with Crippen molar-refractivity contribution in [3.05, 3.63) is 57.8 Å². The van der Waals surface area contributed by atoms with Crippen molar-refractivity contribution in [2.24, 2.45) is 0 Å². The van der Waals surface area contributed by atoms with Gasteiger partial charge in [-0.15, -0.1) is 5.10 Å². The van der Waals surface area contributed by atoms with Crippen molar-refractivity contribution >= 4 is 21.4 Å². The van der Waals surface area contributed by atoms with Crippen molar-refractivity contribution in [3.63, 3.8) is 0 Å². The number of fused-ring (bicyclic) bond motifs is 2. The fourth-order valence-corrected chi connectivity index (χ4v) is 3.50. The molecule has 21 heavy (non-hydrogen) atoms. The number of hydrogen-bond acceptors (Lipinski definition) is 5. The van der Waals surface area contributed by atoms with E-state index in [0.717, 1.165) is 24.0 Å². The van der Waals surface area contributed by atoms with Gasteiger partial charge in [0.2, 0.25) is 10.1 Å². The summed E-state index contributed by atoms with van der Waals surface area (Å²) in [7, 11) is 0. The summed E-state index contributed by atoms with van der Waals surface area (Å²) in [4.78, 5) is 16.3. The molecule has 0 bridgehead atoms. The Labute approximate surface area is 123 Å². The molecule has 5 nitrogen and oxygen atoms in total. The molecule has 1 aliphatic rings. The fourth-order valence-electron chi connectivity index (χ4n) is 2.67. The highest BCUT2D eigenvalue weighted by Crippen LogP contribution is 2.34. The van der Waals surface area contributed by atoms with E-state index >= 15 is 0 Å². The first kappa shape index (κ1) is 12.5. The SMILES string of the molecule is O=c1ccnc2sc(NC3CCc4ccc(F)cc43)nn12. The van der Waals surface area contributed by atoms with E-state index in [1.54, 1.807) is 6.07 Å². The molecule has 0 spiro atoms. The molecule has 0 aliphatic heterocycles. The average Bonchev–Trinajstić information content (AvgIpc) is 3.04. The number of anilines is 1. The van der Waals surface area contributed by atoms with Crippen LogP contribution >= 0.6 is 11.3 Å². The maximum atomic E-state index is 13.4.